The van der Waals surface area contributed by atoms with Gasteiger partial charge in [-0.1, -0.05) is 0 Å². The van der Waals surface area contributed by atoms with Crippen molar-refractivity contribution in [2.75, 3.05) is 0 Å². The van der Waals surface area contributed by atoms with Gasteiger partial charge in [0, 0.05) is 0 Å². The number of rotatable bonds is 0. The summed E-state index contributed by atoms with van der Waals surface area (Å²) in [6, 6.07) is 0. The van der Waals surface area contributed by atoms with E-state index in [-0.39, 0.29) is 59.5 Å². The summed E-state index contributed by atoms with van der Waals surface area (Å²) in [7, 11) is 0. The van der Waals surface area contributed by atoms with Crippen molar-refractivity contribution >= 4 is 23.1 Å². The Morgan fingerprint density at radius 1 is 1.25 bits per heavy atom. The van der Waals surface area contributed by atoms with Crippen LogP contribution in [0.25, 0.3) is 0 Å². The molecule has 0 radical (unpaired) electrons. The second-order valence-electron chi connectivity index (χ2n) is 0. The van der Waals surface area contributed by atoms with Crippen LogP contribution in [0.1, 0.15) is 0 Å². The van der Waals surface area contributed by atoms with E-state index in [0.717, 1.165) is 0 Å². The maximum atomic E-state index is 8.38. The van der Waals surface area contributed by atoms with Crippen molar-refractivity contribution in [1.29, 1.82) is 0 Å². The fraction of sp³-hybridized carbons (Fsp3) is 0. The SMILES string of the molecule is [MgH+].[OH-].[O]=[Y]. The molecule has 0 atom stereocenters. The number of hydrogen-bond donors (Lipinski definition) is 0. The van der Waals surface area contributed by atoms with E-state index in [4.69, 9.17) is 2.04 Å². The van der Waals surface area contributed by atoms with Crippen LogP contribution in [0, 0.1) is 0 Å². The van der Waals surface area contributed by atoms with E-state index in [1.807, 2.05) is 0 Å². The molecule has 0 aliphatic rings. The Labute approximate surface area is 60.9 Å². The van der Waals surface area contributed by atoms with E-state index in [9.17, 15) is 0 Å². The van der Waals surface area contributed by atoms with Crippen LogP contribution in [-0.2, 0) is 33.1 Å². The molecule has 0 spiro atoms. The third-order valence-electron chi connectivity index (χ3n) is 0. The number of hydrogen-bond acceptors (Lipinski definition) is 2. The van der Waals surface area contributed by atoms with Crippen molar-refractivity contribution in [2.24, 2.45) is 0 Å². The first-order valence-electron chi connectivity index (χ1n) is 0.236. The minimum absolute atomic E-state index is 0. The van der Waals surface area contributed by atoms with Crippen LogP contribution in [0.2, 0.25) is 0 Å². The minimum atomic E-state index is 0. The summed E-state index contributed by atoms with van der Waals surface area (Å²) >= 11 is 0.100. The monoisotopic (exact) mass is 147 g/mol. The molecular weight excluding hydrogens is 145 g/mol. The first-order chi connectivity index (χ1) is 1.00. The van der Waals surface area contributed by atoms with Gasteiger partial charge in [-0.2, -0.15) is 0 Å². The Bertz CT molecular complexity index is 6.00. The van der Waals surface area contributed by atoms with Crippen molar-refractivity contribution in [3.8, 4) is 0 Å². The molecule has 1 N–H and O–H groups in total. The Hall–Kier alpha value is 1.63. The Morgan fingerprint density at radius 3 is 1.25 bits per heavy atom. The summed E-state index contributed by atoms with van der Waals surface area (Å²) in [6.07, 6.45) is 0. The van der Waals surface area contributed by atoms with Crippen LogP contribution in [0.15, 0.2) is 0 Å². The predicted molar refractivity (Wildman–Crippen MR) is 9.77 cm³/mol. The van der Waals surface area contributed by atoms with Gasteiger partial charge in [-0.05, 0) is 0 Å². The molecule has 0 saturated heterocycles. The summed E-state index contributed by atoms with van der Waals surface area (Å²) in [5, 5.41) is 0. The molecule has 0 unspecified atom stereocenters. The van der Waals surface area contributed by atoms with Crippen molar-refractivity contribution in [2.45, 2.75) is 0 Å². The summed E-state index contributed by atoms with van der Waals surface area (Å²) < 4.78 is 8.38. The fourth-order valence-corrected chi connectivity index (χ4v) is 0. The van der Waals surface area contributed by atoms with Gasteiger partial charge in [0.15, 0.2) is 0 Å². The van der Waals surface area contributed by atoms with Crippen LogP contribution in [-0.4, -0.2) is 28.5 Å². The van der Waals surface area contributed by atoms with E-state index in [1.165, 1.54) is 0 Å². The molecule has 0 bridgehead atoms. The molecule has 2 nitrogen and oxygen atoms in total. The van der Waals surface area contributed by atoms with E-state index in [1.54, 1.807) is 0 Å². The van der Waals surface area contributed by atoms with Crippen LogP contribution >= 0.6 is 0 Å². The summed E-state index contributed by atoms with van der Waals surface area (Å²) in [4.78, 5) is 0. The molecule has 0 aliphatic carbocycles. The van der Waals surface area contributed by atoms with E-state index in [0.29, 0.717) is 0 Å². The average Bonchev–Trinajstić information content (AvgIpc) is 1.00. The maximum absolute atomic E-state index is 8.38. The van der Waals surface area contributed by atoms with Gasteiger partial charge in [0.1, 0.15) is 0 Å². The van der Waals surface area contributed by atoms with Gasteiger partial charge < -0.3 is 5.48 Å². The quantitative estimate of drug-likeness (QED) is 0.415. The van der Waals surface area contributed by atoms with Crippen molar-refractivity contribution in [1.82, 2.24) is 0 Å². The van der Waals surface area contributed by atoms with E-state index < -0.39 is 0 Å². The molecule has 0 amide bonds. The predicted octanol–water partition coefficient (Wildman–Crippen LogP) is -0.947. The molecule has 0 aromatic heterocycles. The second-order valence-corrected chi connectivity index (χ2v) is 0. The van der Waals surface area contributed by atoms with Crippen LogP contribution in [0.5, 0.6) is 0 Å². The molecule has 0 heterocycles. The normalized spacial score (nSPS) is 1.50. The Kier molecular flexibility index (Phi) is 100. The fourth-order valence-electron chi connectivity index (χ4n) is 0. The van der Waals surface area contributed by atoms with Gasteiger partial charge in [0.25, 0.3) is 0 Å². The van der Waals surface area contributed by atoms with Gasteiger partial charge in [0.05, 0.1) is 0 Å². The summed E-state index contributed by atoms with van der Waals surface area (Å²) in [5.74, 6) is 0. The van der Waals surface area contributed by atoms with Crippen molar-refractivity contribution in [3.63, 3.8) is 0 Å². The summed E-state index contributed by atoms with van der Waals surface area (Å²) in [5.41, 5.74) is 0. The van der Waals surface area contributed by atoms with E-state index >= 15 is 0 Å². The van der Waals surface area contributed by atoms with Crippen LogP contribution < -0.4 is 0 Å². The van der Waals surface area contributed by atoms with Crippen LogP contribution in [0.3, 0.4) is 0 Å². The first-order valence-corrected chi connectivity index (χ1v) is 1.39. The molecular formula is H2MgO2Y. The van der Waals surface area contributed by atoms with E-state index in [2.05, 4.69) is 0 Å². The third-order valence-corrected chi connectivity index (χ3v) is 0. The van der Waals surface area contributed by atoms with Gasteiger partial charge >= 0.3 is 56.1 Å². The van der Waals surface area contributed by atoms with Crippen molar-refractivity contribution in [3.05, 3.63) is 0 Å². The van der Waals surface area contributed by atoms with Crippen LogP contribution in [0.4, 0.5) is 0 Å². The molecule has 19 valence electrons. The molecule has 4 heavy (non-hydrogen) atoms. The average molecular weight is 147 g/mol. The van der Waals surface area contributed by atoms with Crippen molar-refractivity contribution < 1.29 is 38.5 Å². The van der Waals surface area contributed by atoms with Gasteiger partial charge in [-0.25, -0.2) is 0 Å². The molecule has 4 heteroatoms. The zero-order chi connectivity index (χ0) is 2.00. The molecule has 0 saturated carbocycles. The zero-order valence-corrected chi connectivity index (χ0v) is 7.27. The molecule has 0 fully saturated rings. The standard InChI is InChI=1S/Mg.H2O.O.Y.H/h;1H2;;;/q+1;;;;/p-1. The molecule has 0 rings (SSSR count). The van der Waals surface area contributed by atoms with Gasteiger partial charge in [-0.3, -0.25) is 0 Å². The Balaban J connectivity index is -0.00000000500. The van der Waals surface area contributed by atoms with Gasteiger partial charge in [0.2, 0.25) is 0 Å². The second kappa shape index (κ2) is 23.0. The molecule has 0 aromatic carbocycles. The first kappa shape index (κ1) is 17.4. The molecule has 0 aliphatic heterocycles. The molecule has 0 aromatic rings. The summed E-state index contributed by atoms with van der Waals surface area (Å²) in [6.45, 7) is 0. The topological polar surface area (TPSA) is 47.1 Å². The Morgan fingerprint density at radius 2 is 1.25 bits per heavy atom. The van der Waals surface area contributed by atoms with Gasteiger partial charge in [-0.15, -0.1) is 0 Å². The zero-order valence-electron chi connectivity index (χ0n) is 2.43. The third kappa shape index (κ3) is 9.45.